The first-order valence-electron chi connectivity index (χ1n) is 18.2. The number of fused-ring (bicyclic) bond motifs is 2. The van der Waals surface area contributed by atoms with Crippen LogP contribution in [0.1, 0.15) is 89.5 Å². The van der Waals surface area contributed by atoms with Crippen LogP contribution in [0.4, 0.5) is 0 Å². The van der Waals surface area contributed by atoms with E-state index in [4.69, 9.17) is 26.6 Å². The molecule has 0 aromatic carbocycles. The molecule has 0 fully saturated rings. The third-order valence-electron chi connectivity index (χ3n) is 9.88. The van der Waals surface area contributed by atoms with Gasteiger partial charge in [0.15, 0.2) is 23.5 Å². The zero-order valence-electron chi connectivity index (χ0n) is 30.0. The second kappa shape index (κ2) is 17.7. The van der Waals surface area contributed by atoms with E-state index in [0.29, 0.717) is 115 Å². The molecule has 0 saturated carbocycles. The van der Waals surface area contributed by atoms with Gasteiger partial charge in [-0.05, 0) is 105 Å². The maximum absolute atomic E-state index is 11.3. The molecule has 2 heterocycles. The molecule has 12 nitrogen and oxygen atoms in total. The van der Waals surface area contributed by atoms with Gasteiger partial charge in [-0.1, -0.05) is 0 Å². The molecule has 2 aromatic heterocycles. The van der Waals surface area contributed by atoms with Crippen molar-refractivity contribution in [1.82, 2.24) is 9.13 Å². The fourth-order valence-corrected chi connectivity index (χ4v) is 13.1. The van der Waals surface area contributed by atoms with E-state index in [2.05, 4.69) is 0 Å². The molecule has 0 radical (unpaired) electrons. The van der Waals surface area contributed by atoms with E-state index in [1.807, 2.05) is 41.5 Å². The van der Waals surface area contributed by atoms with Crippen LogP contribution in [0, 0.1) is 11.8 Å². The van der Waals surface area contributed by atoms with Crippen LogP contribution in [-0.2, 0) is 65.3 Å². The maximum Gasteiger partial charge on any atom is 0.500 e. The summed E-state index contributed by atoms with van der Waals surface area (Å²) in [5, 5.41) is 44.9. The summed E-state index contributed by atoms with van der Waals surface area (Å²) in [5.74, 6) is 1.15. The van der Waals surface area contributed by atoms with Gasteiger partial charge in [-0.2, -0.15) is 0 Å². The Kier molecular flexibility index (Phi) is 14.3. The smallest absolute Gasteiger partial charge is 0.494 e. The molecule has 274 valence electrons. The summed E-state index contributed by atoms with van der Waals surface area (Å²) in [6.07, 6.45) is 5.79. The van der Waals surface area contributed by atoms with Crippen molar-refractivity contribution in [2.75, 3.05) is 39.6 Å². The Hall–Kier alpha value is -2.05. The van der Waals surface area contributed by atoms with E-state index in [-0.39, 0.29) is 23.5 Å². The molecule has 2 aliphatic carbocycles. The number of rotatable bonds is 21. The van der Waals surface area contributed by atoms with E-state index in [1.165, 1.54) is 0 Å². The highest BCUT2D eigenvalue weighted by Gasteiger charge is 2.42. The largest absolute Gasteiger partial charge is 0.500 e. The molecule has 14 heteroatoms. The number of hydrogen-bond acceptors (Lipinski definition) is 10. The Morgan fingerprint density at radius 1 is 0.500 bits per heavy atom. The van der Waals surface area contributed by atoms with Gasteiger partial charge in [0.05, 0.1) is 0 Å². The number of hydrogen-bond donors (Lipinski definition) is 4. The average Bonchev–Trinajstić information content (AvgIpc) is 3.45. The molecule has 0 bridgehead atoms. The van der Waals surface area contributed by atoms with Crippen LogP contribution >= 0.6 is 0 Å². The summed E-state index contributed by atoms with van der Waals surface area (Å²) in [7, 11) is -5.65. The fourth-order valence-electron chi connectivity index (χ4n) is 7.87. The van der Waals surface area contributed by atoms with Gasteiger partial charge >= 0.3 is 17.6 Å². The van der Waals surface area contributed by atoms with Gasteiger partial charge in [-0.15, -0.1) is 0 Å². The lowest BCUT2D eigenvalue weighted by Crippen LogP contribution is -2.46. The van der Waals surface area contributed by atoms with Crippen LogP contribution < -0.4 is 0 Å². The van der Waals surface area contributed by atoms with Crippen molar-refractivity contribution in [3.05, 3.63) is 22.3 Å². The average molecular weight is 713 g/mol. The van der Waals surface area contributed by atoms with Gasteiger partial charge in [0, 0.05) is 87.1 Å². The van der Waals surface area contributed by atoms with Gasteiger partial charge in [-0.3, -0.25) is 9.13 Å². The Morgan fingerprint density at radius 3 is 1.08 bits per heavy atom. The topological polar surface area (TPSA) is 146 Å². The van der Waals surface area contributed by atoms with Crippen LogP contribution in [0.2, 0.25) is 12.1 Å². The molecule has 0 amide bonds. The van der Waals surface area contributed by atoms with Crippen molar-refractivity contribution >= 4 is 17.6 Å². The Balaban J connectivity index is 1.42. The minimum Gasteiger partial charge on any atom is -0.494 e. The first kappa shape index (κ1) is 38.8. The monoisotopic (exact) mass is 712 g/mol. The standard InChI is InChI=1S/C34H60N2O10Si2/c1-7-41-47(42-8-2,43-9-3)21-13-19-35-31(37)27-17-15-25(23-29(27)33(35)39)26-16-18-28-30(24-26)34(40)36(32(28)38)20-14-22-48(44-10-4,45-11-5)46-12-6/h25-26,37-40H,7-24H2,1-6H3. The lowest BCUT2D eigenvalue weighted by atomic mass is 9.71. The van der Waals surface area contributed by atoms with E-state index in [1.54, 1.807) is 9.13 Å². The number of nitrogens with zero attached hydrogens (tertiary/aromatic N) is 2. The van der Waals surface area contributed by atoms with Crippen molar-refractivity contribution in [3.8, 4) is 23.5 Å². The molecule has 2 aromatic rings. The summed E-state index contributed by atoms with van der Waals surface area (Å²) in [6, 6.07) is 1.20. The molecule has 0 aliphatic heterocycles. The zero-order valence-corrected chi connectivity index (χ0v) is 32.0. The van der Waals surface area contributed by atoms with E-state index >= 15 is 0 Å². The van der Waals surface area contributed by atoms with Gasteiger partial charge in [0.25, 0.3) is 0 Å². The molecule has 4 rings (SSSR count). The van der Waals surface area contributed by atoms with Gasteiger partial charge in [0.1, 0.15) is 0 Å². The Bertz CT molecular complexity index is 1180. The predicted molar refractivity (Wildman–Crippen MR) is 187 cm³/mol. The molecule has 2 atom stereocenters. The Labute approximate surface area is 288 Å². The van der Waals surface area contributed by atoms with Crippen LogP contribution in [-0.4, -0.2) is 86.8 Å². The van der Waals surface area contributed by atoms with Crippen LogP contribution in [0.15, 0.2) is 0 Å². The number of aromatic nitrogens is 2. The summed E-state index contributed by atoms with van der Waals surface area (Å²) < 4.78 is 39.2. The normalized spacial score (nSPS) is 18.3. The molecular formula is C34H60N2O10Si2. The van der Waals surface area contributed by atoms with Crippen molar-refractivity contribution in [2.45, 2.75) is 118 Å². The first-order valence-corrected chi connectivity index (χ1v) is 22.1. The molecule has 4 N–H and O–H groups in total. The van der Waals surface area contributed by atoms with Crippen LogP contribution in [0.25, 0.3) is 0 Å². The van der Waals surface area contributed by atoms with E-state index in [9.17, 15) is 20.4 Å². The highest BCUT2D eigenvalue weighted by atomic mass is 28.4. The molecule has 2 aliphatic rings. The third-order valence-corrected chi connectivity index (χ3v) is 16.2. The lowest BCUT2D eigenvalue weighted by molar-refractivity contribution is 0.0696. The highest BCUT2D eigenvalue weighted by molar-refractivity contribution is 6.61. The quantitative estimate of drug-likeness (QED) is 0.116. The highest BCUT2D eigenvalue weighted by Crippen LogP contribution is 2.47. The Morgan fingerprint density at radius 2 is 0.792 bits per heavy atom. The third kappa shape index (κ3) is 8.45. The minimum absolute atomic E-state index is 0.137. The molecular weight excluding hydrogens is 653 g/mol. The lowest BCUT2D eigenvalue weighted by Gasteiger charge is -2.33. The summed E-state index contributed by atoms with van der Waals surface area (Å²) in [5.41, 5.74) is 3.32. The second-order valence-corrected chi connectivity index (χ2v) is 18.2. The predicted octanol–water partition coefficient (Wildman–Crippen LogP) is 5.90. The second-order valence-electron chi connectivity index (χ2n) is 12.7. The van der Waals surface area contributed by atoms with Crippen LogP contribution in [0.3, 0.4) is 0 Å². The van der Waals surface area contributed by atoms with E-state index in [0.717, 1.165) is 35.1 Å². The van der Waals surface area contributed by atoms with Crippen molar-refractivity contribution in [2.24, 2.45) is 11.8 Å². The minimum atomic E-state index is -2.82. The summed E-state index contributed by atoms with van der Waals surface area (Å²) in [6.45, 7) is 15.5. The first-order chi connectivity index (χ1) is 23.1. The SMILES string of the molecule is CCO[Si](CCCn1c(O)c2c(c1O)CC(C1CCc3c(c(O)n(CCC[Si](OCC)(OCC)OCC)c3O)C1)CC2)(OCC)OCC. The van der Waals surface area contributed by atoms with Gasteiger partial charge in [0.2, 0.25) is 0 Å². The van der Waals surface area contributed by atoms with Gasteiger partial charge < -0.3 is 47.0 Å². The molecule has 48 heavy (non-hydrogen) atoms. The van der Waals surface area contributed by atoms with Crippen molar-refractivity contribution in [3.63, 3.8) is 0 Å². The van der Waals surface area contributed by atoms with Crippen LogP contribution in [0.5, 0.6) is 23.5 Å². The molecule has 2 unspecified atom stereocenters. The van der Waals surface area contributed by atoms with Crippen molar-refractivity contribution < 1.29 is 47.0 Å². The van der Waals surface area contributed by atoms with Crippen molar-refractivity contribution in [1.29, 1.82) is 0 Å². The fraction of sp³-hybridized carbons (Fsp3) is 0.765. The maximum atomic E-state index is 11.3. The summed E-state index contributed by atoms with van der Waals surface area (Å²) in [4.78, 5) is 0. The summed E-state index contributed by atoms with van der Waals surface area (Å²) >= 11 is 0. The number of aromatic hydroxyl groups is 4. The zero-order chi connectivity index (χ0) is 34.9. The van der Waals surface area contributed by atoms with E-state index < -0.39 is 17.6 Å². The van der Waals surface area contributed by atoms with Gasteiger partial charge in [-0.25, -0.2) is 0 Å². The molecule has 0 saturated heterocycles. The molecule has 0 spiro atoms.